The third kappa shape index (κ3) is 19.1. The van der Waals surface area contributed by atoms with Crippen LogP contribution in [0.25, 0.3) is 0 Å². The molecule has 1 heteroatoms. The Hall–Kier alpha value is -0.850. The van der Waals surface area contributed by atoms with Crippen LogP contribution in [0.5, 0.6) is 0 Å². The van der Waals surface area contributed by atoms with Crippen LogP contribution in [-0.4, -0.2) is 5.78 Å². The van der Waals surface area contributed by atoms with Crippen molar-refractivity contribution in [3.63, 3.8) is 0 Å². The van der Waals surface area contributed by atoms with Crippen LogP contribution in [0.1, 0.15) is 99.3 Å². The van der Waals surface area contributed by atoms with E-state index in [9.17, 15) is 4.79 Å². The van der Waals surface area contributed by atoms with Gasteiger partial charge in [-0.05, 0) is 25.7 Å². The number of carbonyl (C=O) groups excluding carboxylic acids is 1. The van der Waals surface area contributed by atoms with Gasteiger partial charge in [0.2, 0.25) is 0 Å². The normalized spacial score (nSPS) is 12.9. The van der Waals surface area contributed by atoms with Crippen molar-refractivity contribution in [2.45, 2.75) is 99.3 Å². The average molecular weight is 309 g/mol. The lowest BCUT2D eigenvalue weighted by molar-refractivity contribution is -0.118. The predicted molar refractivity (Wildman–Crippen MR) is 101 cm³/mol. The van der Waals surface area contributed by atoms with Crippen LogP contribution < -0.4 is 0 Å². The molecule has 0 rings (SSSR count). The second-order valence-electron chi connectivity index (χ2n) is 6.19. The Labute approximate surface area is 140 Å². The Bertz CT molecular complexity index is 299. The first kappa shape index (κ1) is 23.4. The van der Waals surface area contributed by atoms with Crippen molar-refractivity contribution in [1.29, 1.82) is 0 Å². The van der Waals surface area contributed by atoms with Crippen molar-refractivity contribution in [2.75, 3.05) is 0 Å². The monoisotopic (exact) mass is 308 g/mol. The third-order valence-electron chi connectivity index (χ3n) is 3.98. The maximum Gasteiger partial charge on any atom is 0.132 e. The molecule has 0 aliphatic heterocycles. The van der Waals surface area contributed by atoms with Crippen LogP contribution in [0.15, 0.2) is 23.8 Å². The second-order valence-corrected chi connectivity index (χ2v) is 6.19. The van der Waals surface area contributed by atoms with Gasteiger partial charge in [0, 0.05) is 12.8 Å². The fourth-order valence-electron chi connectivity index (χ4n) is 1.77. The summed E-state index contributed by atoms with van der Waals surface area (Å²) in [5.41, 5.74) is 1.45. The molecule has 22 heavy (non-hydrogen) atoms. The molecule has 0 bridgehead atoms. The van der Waals surface area contributed by atoms with Gasteiger partial charge in [-0.2, -0.15) is 0 Å². The molecule has 0 amide bonds. The summed E-state index contributed by atoms with van der Waals surface area (Å²) in [5.74, 6) is 1.14. The summed E-state index contributed by atoms with van der Waals surface area (Å²) < 4.78 is 0. The van der Waals surface area contributed by atoms with Gasteiger partial charge in [-0.15, -0.1) is 0 Å². The summed E-state index contributed by atoms with van der Waals surface area (Å²) in [6.45, 7) is 13.0. The van der Waals surface area contributed by atoms with Crippen LogP contribution >= 0.6 is 0 Å². The average Bonchev–Trinajstić information content (AvgIpc) is 2.54. The molecule has 0 aliphatic carbocycles. The molecule has 0 aromatic carbocycles. The third-order valence-corrected chi connectivity index (χ3v) is 3.98. The zero-order chi connectivity index (χ0) is 17.2. The number of hydrogen-bond donors (Lipinski definition) is 0. The van der Waals surface area contributed by atoms with Gasteiger partial charge in [-0.1, -0.05) is 90.5 Å². The molecule has 130 valence electrons. The highest BCUT2D eigenvalue weighted by molar-refractivity contribution is 5.77. The first-order chi connectivity index (χ1) is 10.5. The number of carbonyl (C=O) groups is 1. The maximum atomic E-state index is 10.8. The largest absolute Gasteiger partial charge is 0.300 e. The molecule has 0 aromatic heterocycles. The molecule has 1 nitrogen and oxygen atoms in total. The molecule has 1 unspecified atom stereocenters. The minimum absolute atomic E-state index is 0.418. The number of unbranched alkanes of at least 4 members (excludes halogenated alkanes) is 4. The van der Waals surface area contributed by atoms with E-state index in [1.165, 1.54) is 37.7 Å². The molecule has 0 saturated carbocycles. The second kappa shape index (κ2) is 18.2. The number of hydrogen-bond acceptors (Lipinski definition) is 1. The Morgan fingerprint density at radius 3 is 2.09 bits per heavy atom. The van der Waals surface area contributed by atoms with Gasteiger partial charge in [0.05, 0.1) is 0 Å². The Kier molecular flexibility index (Phi) is 19.4. The van der Waals surface area contributed by atoms with Crippen molar-refractivity contribution >= 4 is 5.78 Å². The first-order valence-electron chi connectivity index (χ1n) is 9.37. The molecule has 0 saturated heterocycles. The van der Waals surface area contributed by atoms with E-state index in [0.717, 1.165) is 25.2 Å². The van der Waals surface area contributed by atoms with E-state index < -0.39 is 0 Å². The quantitative estimate of drug-likeness (QED) is 0.290. The molecule has 1 atom stereocenters. The van der Waals surface area contributed by atoms with E-state index in [0.29, 0.717) is 12.2 Å². The SMILES string of the molecule is CC/C(C)=C\C=C/C(C)CC.CCCCCCCC(=O)CC. The highest BCUT2D eigenvalue weighted by Crippen LogP contribution is 2.06. The fraction of sp³-hybridized carbons (Fsp3) is 0.762. The lowest BCUT2D eigenvalue weighted by Gasteiger charge is -1.97. The standard InChI is InChI=1S/C11H20.C10H20O/c1-5-10(3)8-7-9-11(4)6-2;1-3-5-6-7-8-9-10(11)4-2/h7-10H,5-6H2,1-4H3;3-9H2,1-2H3/b8-7-,11-9-;. The number of ketones is 1. The fourth-order valence-corrected chi connectivity index (χ4v) is 1.77. The zero-order valence-electron chi connectivity index (χ0n) is 16.1. The van der Waals surface area contributed by atoms with Crippen molar-refractivity contribution in [3.05, 3.63) is 23.8 Å². The van der Waals surface area contributed by atoms with Gasteiger partial charge in [-0.25, -0.2) is 0 Å². The van der Waals surface area contributed by atoms with E-state index in [1.807, 2.05) is 6.92 Å². The van der Waals surface area contributed by atoms with Gasteiger partial charge in [0.15, 0.2) is 0 Å². The van der Waals surface area contributed by atoms with Crippen LogP contribution in [-0.2, 0) is 4.79 Å². The molecule has 0 radical (unpaired) electrons. The Morgan fingerprint density at radius 1 is 0.955 bits per heavy atom. The number of allylic oxidation sites excluding steroid dienone is 4. The van der Waals surface area contributed by atoms with Crippen LogP contribution in [0.2, 0.25) is 0 Å². The summed E-state index contributed by atoms with van der Waals surface area (Å²) in [4.78, 5) is 10.8. The van der Waals surface area contributed by atoms with Crippen LogP contribution in [0.4, 0.5) is 0 Å². The molecule has 0 fully saturated rings. The lowest BCUT2D eigenvalue weighted by Crippen LogP contribution is -1.93. The minimum atomic E-state index is 0.418. The van der Waals surface area contributed by atoms with Crippen molar-refractivity contribution in [3.8, 4) is 0 Å². The molecule has 0 aliphatic rings. The van der Waals surface area contributed by atoms with Crippen LogP contribution in [0, 0.1) is 5.92 Å². The number of rotatable bonds is 11. The van der Waals surface area contributed by atoms with Gasteiger partial charge in [0.25, 0.3) is 0 Å². The summed E-state index contributed by atoms with van der Waals surface area (Å²) in [6.07, 6.45) is 16.8. The highest BCUT2D eigenvalue weighted by Gasteiger charge is 1.96. The molecular weight excluding hydrogens is 268 g/mol. The topological polar surface area (TPSA) is 17.1 Å². The maximum absolute atomic E-state index is 10.8. The summed E-state index contributed by atoms with van der Waals surface area (Å²) in [7, 11) is 0. The Balaban J connectivity index is 0. The summed E-state index contributed by atoms with van der Waals surface area (Å²) >= 11 is 0. The van der Waals surface area contributed by atoms with Gasteiger partial charge in [-0.3, -0.25) is 4.79 Å². The molecule has 0 heterocycles. The molecule has 0 spiro atoms. The lowest BCUT2D eigenvalue weighted by atomic mass is 10.1. The van der Waals surface area contributed by atoms with Gasteiger partial charge >= 0.3 is 0 Å². The number of Topliss-reactive ketones (excluding diaryl/α,β-unsaturated/α-hetero) is 1. The minimum Gasteiger partial charge on any atom is -0.300 e. The van der Waals surface area contributed by atoms with Crippen molar-refractivity contribution in [1.82, 2.24) is 0 Å². The smallest absolute Gasteiger partial charge is 0.132 e. The van der Waals surface area contributed by atoms with E-state index in [-0.39, 0.29) is 0 Å². The van der Waals surface area contributed by atoms with E-state index in [2.05, 4.69) is 52.8 Å². The zero-order valence-corrected chi connectivity index (χ0v) is 16.1. The van der Waals surface area contributed by atoms with Gasteiger partial charge in [0.1, 0.15) is 5.78 Å². The first-order valence-corrected chi connectivity index (χ1v) is 9.37. The van der Waals surface area contributed by atoms with Crippen LogP contribution in [0.3, 0.4) is 0 Å². The van der Waals surface area contributed by atoms with E-state index >= 15 is 0 Å². The molecule has 0 N–H and O–H groups in total. The predicted octanol–water partition coefficient (Wildman–Crippen LogP) is 7.27. The van der Waals surface area contributed by atoms with E-state index in [1.54, 1.807) is 0 Å². The molecule has 0 aromatic rings. The van der Waals surface area contributed by atoms with Gasteiger partial charge < -0.3 is 0 Å². The molecular formula is C21H40O. The summed E-state index contributed by atoms with van der Waals surface area (Å²) in [6, 6.07) is 0. The van der Waals surface area contributed by atoms with E-state index in [4.69, 9.17) is 0 Å². The summed E-state index contributed by atoms with van der Waals surface area (Å²) in [5, 5.41) is 0. The van der Waals surface area contributed by atoms with Crippen molar-refractivity contribution < 1.29 is 4.79 Å². The Morgan fingerprint density at radius 2 is 1.59 bits per heavy atom. The highest BCUT2D eigenvalue weighted by atomic mass is 16.1. The van der Waals surface area contributed by atoms with Crippen molar-refractivity contribution in [2.24, 2.45) is 5.92 Å².